The molecule has 3 nitrogen and oxygen atoms in total. The van der Waals surface area contributed by atoms with Crippen LogP contribution in [0.4, 0.5) is 0 Å². The molecule has 19 heavy (non-hydrogen) atoms. The fraction of sp³-hybridized carbons (Fsp3) is 0.562. The first-order valence-electron chi connectivity index (χ1n) is 7.22. The first-order chi connectivity index (χ1) is 9.09. The molecule has 2 heterocycles. The zero-order chi connectivity index (χ0) is 13.2. The molecule has 1 aliphatic carbocycles. The van der Waals surface area contributed by atoms with Gasteiger partial charge in [-0.05, 0) is 42.5 Å². The van der Waals surface area contributed by atoms with Crippen LogP contribution in [0.25, 0.3) is 11.1 Å². The predicted molar refractivity (Wildman–Crippen MR) is 75.4 cm³/mol. The number of aromatic nitrogens is 1. The van der Waals surface area contributed by atoms with Crippen molar-refractivity contribution in [2.45, 2.75) is 45.1 Å². The number of piperidine rings is 1. The van der Waals surface area contributed by atoms with E-state index in [2.05, 4.69) is 36.3 Å². The Labute approximate surface area is 113 Å². The maximum atomic E-state index is 5.73. The van der Waals surface area contributed by atoms with Gasteiger partial charge in [-0.3, -0.25) is 0 Å². The summed E-state index contributed by atoms with van der Waals surface area (Å²) in [5.74, 6) is 1.42. The highest BCUT2D eigenvalue weighted by molar-refractivity contribution is 5.80. The van der Waals surface area contributed by atoms with Gasteiger partial charge in [0.25, 0.3) is 0 Å². The van der Waals surface area contributed by atoms with E-state index < -0.39 is 0 Å². The molecule has 1 N–H and O–H groups in total. The van der Waals surface area contributed by atoms with Crippen molar-refractivity contribution >= 4 is 11.1 Å². The SMILES string of the molecule is Cc1nc2c3c(ccc2o1)CC1NCC[C@]3(C)[C@@H]1C. The van der Waals surface area contributed by atoms with Gasteiger partial charge in [-0.25, -0.2) is 4.98 Å². The Kier molecular flexibility index (Phi) is 2.17. The van der Waals surface area contributed by atoms with Crippen LogP contribution in [0.5, 0.6) is 0 Å². The Morgan fingerprint density at radius 1 is 1.42 bits per heavy atom. The summed E-state index contributed by atoms with van der Waals surface area (Å²) in [4.78, 5) is 4.67. The molecule has 1 aromatic heterocycles. The van der Waals surface area contributed by atoms with Crippen molar-refractivity contribution in [1.82, 2.24) is 10.3 Å². The van der Waals surface area contributed by atoms with Gasteiger partial charge in [0.15, 0.2) is 11.5 Å². The number of rotatable bonds is 0. The lowest BCUT2D eigenvalue weighted by Gasteiger charge is -2.50. The minimum absolute atomic E-state index is 0.228. The molecule has 4 rings (SSSR count). The quantitative estimate of drug-likeness (QED) is 0.787. The van der Waals surface area contributed by atoms with Crippen LogP contribution in [0.1, 0.15) is 37.3 Å². The Hall–Kier alpha value is -1.35. The fourth-order valence-electron chi connectivity index (χ4n) is 4.16. The lowest BCUT2D eigenvalue weighted by molar-refractivity contribution is 0.159. The highest BCUT2D eigenvalue weighted by Crippen LogP contribution is 2.48. The lowest BCUT2D eigenvalue weighted by atomic mass is 9.59. The third kappa shape index (κ3) is 1.39. The van der Waals surface area contributed by atoms with Gasteiger partial charge in [-0.15, -0.1) is 0 Å². The monoisotopic (exact) mass is 256 g/mol. The van der Waals surface area contributed by atoms with Crippen molar-refractivity contribution in [2.75, 3.05) is 6.54 Å². The highest BCUT2D eigenvalue weighted by Gasteiger charge is 2.46. The minimum atomic E-state index is 0.228. The number of hydrogen-bond donors (Lipinski definition) is 1. The van der Waals surface area contributed by atoms with E-state index in [4.69, 9.17) is 4.42 Å². The first kappa shape index (κ1) is 11.5. The summed E-state index contributed by atoms with van der Waals surface area (Å²) in [6.45, 7) is 7.84. The molecule has 2 bridgehead atoms. The fourth-order valence-corrected chi connectivity index (χ4v) is 4.16. The second kappa shape index (κ2) is 3.60. The largest absolute Gasteiger partial charge is 0.441 e. The molecule has 2 aromatic rings. The van der Waals surface area contributed by atoms with E-state index in [1.165, 1.54) is 17.5 Å². The summed E-state index contributed by atoms with van der Waals surface area (Å²) in [6.07, 6.45) is 2.30. The van der Waals surface area contributed by atoms with Crippen molar-refractivity contribution in [2.24, 2.45) is 5.92 Å². The lowest BCUT2D eigenvalue weighted by Crippen LogP contribution is -2.56. The van der Waals surface area contributed by atoms with Crippen molar-refractivity contribution in [3.63, 3.8) is 0 Å². The number of benzene rings is 1. The van der Waals surface area contributed by atoms with E-state index >= 15 is 0 Å². The Morgan fingerprint density at radius 2 is 2.26 bits per heavy atom. The predicted octanol–water partition coefficient (Wildman–Crippen LogP) is 2.95. The molecule has 1 aromatic carbocycles. The topological polar surface area (TPSA) is 38.1 Å². The zero-order valence-corrected chi connectivity index (χ0v) is 11.8. The van der Waals surface area contributed by atoms with E-state index in [-0.39, 0.29) is 5.41 Å². The maximum Gasteiger partial charge on any atom is 0.192 e. The number of hydrogen-bond acceptors (Lipinski definition) is 3. The molecule has 0 saturated carbocycles. The van der Waals surface area contributed by atoms with Crippen LogP contribution in [-0.2, 0) is 11.8 Å². The van der Waals surface area contributed by atoms with Crippen LogP contribution in [0.3, 0.4) is 0 Å². The highest BCUT2D eigenvalue weighted by atomic mass is 16.3. The average molecular weight is 256 g/mol. The Morgan fingerprint density at radius 3 is 3.11 bits per heavy atom. The maximum absolute atomic E-state index is 5.73. The summed E-state index contributed by atoms with van der Waals surface area (Å²) in [5.41, 5.74) is 5.18. The van der Waals surface area contributed by atoms with E-state index in [0.29, 0.717) is 12.0 Å². The van der Waals surface area contributed by atoms with Crippen molar-refractivity contribution in [3.05, 3.63) is 29.2 Å². The van der Waals surface area contributed by atoms with Crippen LogP contribution in [-0.4, -0.2) is 17.6 Å². The van der Waals surface area contributed by atoms with E-state index in [0.717, 1.165) is 30.0 Å². The minimum Gasteiger partial charge on any atom is -0.441 e. The van der Waals surface area contributed by atoms with E-state index in [9.17, 15) is 0 Å². The number of fused-ring (bicyclic) bond motifs is 6. The molecule has 1 fully saturated rings. The average Bonchev–Trinajstić information content (AvgIpc) is 2.72. The smallest absolute Gasteiger partial charge is 0.192 e. The third-order valence-corrected chi connectivity index (χ3v) is 5.42. The summed E-state index contributed by atoms with van der Waals surface area (Å²) in [5, 5.41) is 3.68. The Bertz CT molecular complexity index is 660. The van der Waals surface area contributed by atoms with Gasteiger partial charge < -0.3 is 9.73 Å². The molecule has 1 saturated heterocycles. The molecule has 2 aliphatic rings. The normalized spacial score (nSPS) is 33.4. The van der Waals surface area contributed by atoms with Gasteiger partial charge in [0.1, 0.15) is 5.52 Å². The van der Waals surface area contributed by atoms with Crippen LogP contribution < -0.4 is 5.32 Å². The molecular formula is C16H20N2O. The molecular weight excluding hydrogens is 236 g/mol. The van der Waals surface area contributed by atoms with Crippen molar-refractivity contribution in [3.8, 4) is 0 Å². The molecule has 0 spiro atoms. The van der Waals surface area contributed by atoms with E-state index in [1.54, 1.807) is 0 Å². The number of nitrogens with one attached hydrogen (secondary N) is 1. The van der Waals surface area contributed by atoms with Gasteiger partial charge in [0.2, 0.25) is 0 Å². The summed E-state index contributed by atoms with van der Waals surface area (Å²) in [7, 11) is 0. The zero-order valence-electron chi connectivity index (χ0n) is 11.8. The molecule has 0 radical (unpaired) electrons. The molecule has 3 heteroatoms. The van der Waals surface area contributed by atoms with Gasteiger partial charge in [-0.2, -0.15) is 0 Å². The van der Waals surface area contributed by atoms with E-state index in [1.807, 2.05) is 6.92 Å². The van der Waals surface area contributed by atoms with Crippen LogP contribution in [0, 0.1) is 12.8 Å². The van der Waals surface area contributed by atoms with Gasteiger partial charge in [0.05, 0.1) is 0 Å². The van der Waals surface area contributed by atoms with Gasteiger partial charge in [-0.1, -0.05) is 19.9 Å². The second-order valence-electron chi connectivity index (χ2n) is 6.40. The summed E-state index contributed by atoms with van der Waals surface area (Å²) >= 11 is 0. The van der Waals surface area contributed by atoms with Crippen LogP contribution in [0.15, 0.2) is 16.5 Å². The van der Waals surface area contributed by atoms with Crippen LogP contribution >= 0.6 is 0 Å². The number of oxazole rings is 1. The van der Waals surface area contributed by atoms with Crippen molar-refractivity contribution < 1.29 is 4.42 Å². The second-order valence-corrected chi connectivity index (χ2v) is 6.40. The number of nitrogens with zero attached hydrogens (tertiary/aromatic N) is 1. The molecule has 1 aliphatic heterocycles. The van der Waals surface area contributed by atoms with Crippen LogP contribution in [0.2, 0.25) is 0 Å². The number of aryl methyl sites for hydroxylation is 1. The first-order valence-corrected chi connectivity index (χ1v) is 7.22. The summed E-state index contributed by atoms with van der Waals surface area (Å²) < 4.78 is 5.73. The molecule has 0 amide bonds. The van der Waals surface area contributed by atoms with Gasteiger partial charge >= 0.3 is 0 Å². The third-order valence-electron chi connectivity index (χ3n) is 5.42. The van der Waals surface area contributed by atoms with Gasteiger partial charge in [0, 0.05) is 18.4 Å². The Balaban J connectivity index is 2.06. The molecule has 3 atom stereocenters. The summed E-state index contributed by atoms with van der Waals surface area (Å²) in [6, 6.07) is 4.94. The standard InChI is InChI=1S/C16H20N2O/c1-9-12-8-11-4-5-13-15(18-10(2)19-13)14(11)16(9,3)6-7-17-12/h4-5,9,12,17H,6-8H2,1-3H3/t9-,12?,16-/m1/s1. The van der Waals surface area contributed by atoms with Crippen molar-refractivity contribution in [1.29, 1.82) is 0 Å². The molecule has 1 unspecified atom stereocenters. The molecule has 100 valence electrons.